The molecular weight excluding hydrogens is 470 g/mol. The van der Waals surface area contributed by atoms with Crippen LogP contribution in [0.5, 0.6) is 0 Å². The zero-order valence-corrected chi connectivity index (χ0v) is 20.8. The number of aromatic nitrogens is 5. The summed E-state index contributed by atoms with van der Waals surface area (Å²) < 4.78 is 32.0. The van der Waals surface area contributed by atoms with Crippen LogP contribution in [-0.4, -0.2) is 38.8 Å². The van der Waals surface area contributed by atoms with Gasteiger partial charge in [0.05, 0.1) is 10.6 Å². The van der Waals surface area contributed by atoms with E-state index in [1.54, 1.807) is 28.9 Å². The highest BCUT2D eigenvalue weighted by molar-refractivity contribution is 7.99. The first-order valence-corrected chi connectivity index (χ1v) is 13.2. The maximum absolute atomic E-state index is 13.0. The Kier molecular flexibility index (Phi) is 7.05. The van der Waals surface area contributed by atoms with E-state index >= 15 is 0 Å². The van der Waals surface area contributed by atoms with Crippen LogP contribution in [-0.2, 0) is 10.0 Å². The van der Waals surface area contributed by atoms with Crippen LogP contribution < -0.4 is 10.6 Å². The number of hydrogen-bond donors (Lipinski definition) is 2. The number of nitrogens with one attached hydrogen (secondary N) is 1. The first kappa shape index (κ1) is 24.0. The molecule has 0 saturated heterocycles. The van der Waals surface area contributed by atoms with Crippen LogP contribution in [0.4, 0.5) is 0 Å². The molecule has 9 nitrogen and oxygen atoms in total. The molecule has 0 saturated carbocycles. The first-order chi connectivity index (χ1) is 16.2. The van der Waals surface area contributed by atoms with Crippen molar-refractivity contribution in [2.75, 3.05) is 11.6 Å². The normalized spacial score (nSPS) is 12.7. The molecule has 2 heterocycles. The molecule has 1 atom stereocenters. The van der Waals surface area contributed by atoms with Crippen molar-refractivity contribution in [3.8, 4) is 5.95 Å². The number of thioether (sulfide) groups is 1. The van der Waals surface area contributed by atoms with E-state index in [2.05, 4.69) is 20.0 Å². The Bertz CT molecular complexity index is 1360. The van der Waals surface area contributed by atoms with Crippen molar-refractivity contribution in [2.45, 2.75) is 43.3 Å². The Morgan fingerprint density at radius 2 is 1.74 bits per heavy atom. The van der Waals surface area contributed by atoms with Crippen LogP contribution in [0.1, 0.15) is 35.0 Å². The second kappa shape index (κ2) is 10.00. The summed E-state index contributed by atoms with van der Waals surface area (Å²) in [4.78, 5) is 0.239. The molecule has 11 heteroatoms. The van der Waals surface area contributed by atoms with E-state index in [0.717, 1.165) is 22.5 Å². The average Bonchev–Trinajstić information content (AvgIpc) is 3.34. The molecule has 0 aliphatic rings. The van der Waals surface area contributed by atoms with Gasteiger partial charge in [-0.25, -0.2) is 22.5 Å². The molecule has 0 aliphatic heterocycles. The minimum Gasteiger partial charge on any atom is -0.334 e. The molecule has 0 fully saturated rings. The van der Waals surface area contributed by atoms with E-state index in [9.17, 15) is 8.42 Å². The highest BCUT2D eigenvalue weighted by Crippen LogP contribution is 2.25. The number of nitrogen functional groups attached to an aromatic ring is 1. The van der Waals surface area contributed by atoms with Gasteiger partial charge in [-0.2, -0.15) is 5.10 Å². The van der Waals surface area contributed by atoms with Gasteiger partial charge in [-0.1, -0.05) is 59.8 Å². The van der Waals surface area contributed by atoms with Crippen LogP contribution >= 0.6 is 11.8 Å². The van der Waals surface area contributed by atoms with Gasteiger partial charge in [-0.05, 0) is 51.0 Å². The van der Waals surface area contributed by atoms with E-state index in [1.807, 2.05) is 57.2 Å². The van der Waals surface area contributed by atoms with E-state index < -0.39 is 16.1 Å². The minimum absolute atomic E-state index is 0.239. The predicted molar refractivity (Wildman–Crippen MR) is 133 cm³/mol. The summed E-state index contributed by atoms with van der Waals surface area (Å²) in [6, 6.07) is 17.9. The number of sulfonamides is 1. The van der Waals surface area contributed by atoms with Gasteiger partial charge < -0.3 is 5.84 Å². The predicted octanol–water partition coefficient (Wildman–Crippen LogP) is 3.30. The molecule has 0 aliphatic carbocycles. The van der Waals surface area contributed by atoms with Crippen LogP contribution in [0.25, 0.3) is 5.95 Å². The highest BCUT2D eigenvalue weighted by atomic mass is 32.2. The van der Waals surface area contributed by atoms with Crippen LogP contribution in [0, 0.1) is 20.8 Å². The van der Waals surface area contributed by atoms with Crippen molar-refractivity contribution in [3.05, 3.63) is 83.2 Å². The number of benzene rings is 2. The SMILES string of the molecule is Cc1ccc(S(=O)(=O)NC(CCSc2nnc(-n3nc(C)cc3C)n2N)c2ccccc2)cc1. The molecule has 0 spiro atoms. The van der Waals surface area contributed by atoms with E-state index in [-0.39, 0.29) is 4.90 Å². The third kappa shape index (κ3) is 5.32. The summed E-state index contributed by atoms with van der Waals surface area (Å²) in [7, 11) is -3.69. The lowest BCUT2D eigenvalue weighted by Crippen LogP contribution is -2.29. The van der Waals surface area contributed by atoms with E-state index in [4.69, 9.17) is 5.84 Å². The zero-order valence-electron chi connectivity index (χ0n) is 19.2. The fourth-order valence-corrected chi connectivity index (χ4v) is 5.68. The zero-order chi connectivity index (χ0) is 24.3. The highest BCUT2D eigenvalue weighted by Gasteiger charge is 2.22. The molecule has 0 bridgehead atoms. The van der Waals surface area contributed by atoms with Gasteiger partial charge in [-0.3, -0.25) is 0 Å². The summed E-state index contributed by atoms with van der Waals surface area (Å²) in [6.45, 7) is 5.74. The first-order valence-electron chi connectivity index (χ1n) is 10.8. The van der Waals surface area contributed by atoms with Crippen molar-refractivity contribution in [3.63, 3.8) is 0 Å². The summed E-state index contributed by atoms with van der Waals surface area (Å²) in [6.07, 6.45) is 0.530. The number of hydrogen-bond acceptors (Lipinski definition) is 7. The van der Waals surface area contributed by atoms with Gasteiger partial charge in [0.1, 0.15) is 0 Å². The third-order valence-electron chi connectivity index (χ3n) is 5.31. The Morgan fingerprint density at radius 3 is 2.38 bits per heavy atom. The molecule has 0 amide bonds. The van der Waals surface area contributed by atoms with Gasteiger partial charge in [0, 0.05) is 17.5 Å². The molecule has 3 N–H and O–H groups in total. The van der Waals surface area contributed by atoms with Crippen LogP contribution in [0.2, 0.25) is 0 Å². The maximum Gasteiger partial charge on any atom is 0.271 e. The van der Waals surface area contributed by atoms with Gasteiger partial charge >= 0.3 is 0 Å². The average molecular weight is 498 g/mol. The Hall–Kier alpha value is -3.15. The molecule has 4 aromatic rings. The van der Waals surface area contributed by atoms with E-state index in [1.165, 1.54) is 16.4 Å². The molecule has 2 aromatic heterocycles. The lowest BCUT2D eigenvalue weighted by Gasteiger charge is -2.19. The third-order valence-corrected chi connectivity index (χ3v) is 7.78. The molecule has 34 heavy (non-hydrogen) atoms. The molecule has 2 aromatic carbocycles. The molecule has 0 radical (unpaired) electrons. The van der Waals surface area contributed by atoms with E-state index in [0.29, 0.717) is 23.3 Å². The van der Waals surface area contributed by atoms with Gasteiger partial charge in [-0.15, -0.1) is 10.2 Å². The summed E-state index contributed by atoms with van der Waals surface area (Å²) in [5.74, 6) is 7.23. The number of aryl methyl sites for hydroxylation is 3. The fraction of sp³-hybridized carbons (Fsp3) is 0.261. The monoisotopic (exact) mass is 497 g/mol. The van der Waals surface area contributed by atoms with Crippen molar-refractivity contribution < 1.29 is 8.42 Å². The fourth-order valence-electron chi connectivity index (χ4n) is 3.56. The molecule has 4 rings (SSSR count). The standard InChI is InChI=1S/C23H27N7O2S2/c1-16-9-11-20(12-10-16)34(31,32)28-21(19-7-5-4-6-8-19)13-14-33-23-26-25-22(29(23)24)30-18(3)15-17(2)27-30/h4-12,15,21,28H,13-14,24H2,1-3H3. The van der Waals surface area contributed by atoms with Crippen LogP contribution in [0.3, 0.4) is 0 Å². The summed E-state index contributed by atoms with van der Waals surface area (Å²) >= 11 is 1.41. The van der Waals surface area contributed by atoms with Gasteiger partial charge in [0.2, 0.25) is 15.2 Å². The Morgan fingerprint density at radius 1 is 1.03 bits per heavy atom. The second-order valence-corrected chi connectivity index (χ2v) is 10.8. The Balaban J connectivity index is 1.49. The molecule has 178 valence electrons. The second-order valence-electron chi connectivity index (χ2n) is 8.03. The number of nitrogens with two attached hydrogens (primary N) is 1. The maximum atomic E-state index is 13.0. The van der Waals surface area contributed by atoms with Crippen LogP contribution in [0.15, 0.2) is 70.7 Å². The van der Waals surface area contributed by atoms with Gasteiger partial charge in [0.15, 0.2) is 0 Å². The summed E-state index contributed by atoms with van der Waals surface area (Å²) in [5.41, 5.74) is 3.65. The largest absolute Gasteiger partial charge is 0.334 e. The minimum atomic E-state index is -3.69. The van der Waals surface area contributed by atoms with Crippen molar-refractivity contribution >= 4 is 21.8 Å². The lowest BCUT2D eigenvalue weighted by molar-refractivity contribution is 0.551. The van der Waals surface area contributed by atoms with Crippen molar-refractivity contribution in [2.24, 2.45) is 0 Å². The van der Waals surface area contributed by atoms with Crippen molar-refractivity contribution in [1.29, 1.82) is 0 Å². The van der Waals surface area contributed by atoms with Gasteiger partial charge in [0.25, 0.3) is 5.95 Å². The molecular formula is C23H27N7O2S2. The topological polar surface area (TPSA) is 121 Å². The lowest BCUT2D eigenvalue weighted by atomic mass is 10.1. The summed E-state index contributed by atoms with van der Waals surface area (Å²) in [5, 5.41) is 13.3. The molecule has 1 unspecified atom stereocenters. The van der Waals surface area contributed by atoms with Crippen molar-refractivity contribution in [1.82, 2.24) is 29.4 Å². The number of nitrogens with zero attached hydrogens (tertiary/aromatic N) is 5. The number of rotatable bonds is 9. The smallest absolute Gasteiger partial charge is 0.271 e. The quantitative estimate of drug-likeness (QED) is 0.269. The Labute approximate surface area is 203 Å².